The van der Waals surface area contributed by atoms with E-state index in [0.717, 1.165) is 30.7 Å². The number of benzene rings is 2. The van der Waals surface area contributed by atoms with Gasteiger partial charge in [0.25, 0.3) is 0 Å². The molecule has 2 rings (SSSR count). The highest BCUT2D eigenvalue weighted by molar-refractivity contribution is 5.79. The highest BCUT2D eigenvalue weighted by Crippen LogP contribution is 2.22. The van der Waals surface area contributed by atoms with E-state index in [1.165, 1.54) is 5.56 Å². The minimum Gasteiger partial charge on any atom is -0.508 e. The molecular formula is C19H25N3O2. The first-order valence-corrected chi connectivity index (χ1v) is 8.07. The first-order valence-electron chi connectivity index (χ1n) is 8.07. The summed E-state index contributed by atoms with van der Waals surface area (Å²) in [7, 11) is 3.34. The van der Waals surface area contributed by atoms with Crippen LogP contribution < -0.4 is 15.4 Å². The molecule has 0 aliphatic rings. The summed E-state index contributed by atoms with van der Waals surface area (Å²) < 4.78 is 5.18. The van der Waals surface area contributed by atoms with Crippen LogP contribution in [-0.2, 0) is 13.0 Å². The summed E-state index contributed by atoms with van der Waals surface area (Å²) in [5.41, 5.74) is 2.10. The second-order valence-electron chi connectivity index (χ2n) is 5.44. The van der Waals surface area contributed by atoms with E-state index in [4.69, 9.17) is 4.74 Å². The second-order valence-corrected chi connectivity index (χ2v) is 5.44. The lowest BCUT2D eigenvalue weighted by atomic mass is 10.1. The van der Waals surface area contributed by atoms with Gasteiger partial charge in [0.2, 0.25) is 0 Å². The zero-order valence-corrected chi connectivity index (χ0v) is 14.2. The third kappa shape index (κ3) is 5.50. The number of nitrogens with one attached hydrogen (secondary N) is 2. The number of hydrogen-bond acceptors (Lipinski definition) is 3. The molecule has 0 atom stereocenters. The fourth-order valence-corrected chi connectivity index (χ4v) is 2.37. The monoisotopic (exact) mass is 327 g/mol. The molecule has 0 unspecified atom stereocenters. The molecule has 2 aromatic carbocycles. The molecule has 5 heteroatoms. The van der Waals surface area contributed by atoms with Crippen molar-refractivity contribution in [3.05, 3.63) is 59.7 Å². The van der Waals surface area contributed by atoms with Gasteiger partial charge in [0.1, 0.15) is 11.5 Å². The Kier molecular flexibility index (Phi) is 6.95. The van der Waals surface area contributed by atoms with Gasteiger partial charge in [-0.25, -0.2) is 0 Å². The molecule has 2 aromatic rings. The number of methoxy groups -OCH3 is 1. The third-order valence-electron chi connectivity index (χ3n) is 3.73. The maximum absolute atomic E-state index is 9.90. The quantitative estimate of drug-likeness (QED) is 0.416. The molecule has 3 N–H and O–H groups in total. The number of phenols is 1. The van der Waals surface area contributed by atoms with Crippen molar-refractivity contribution in [3.8, 4) is 11.5 Å². The van der Waals surface area contributed by atoms with Crippen LogP contribution in [0.2, 0.25) is 0 Å². The van der Waals surface area contributed by atoms with Crippen molar-refractivity contribution in [3.63, 3.8) is 0 Å². The first-order chi connectivity index (χ1) is 11.7. The number of nitrogens with zero attached hydrogens (tertiary/aromatic N) is 1. The zero-order valence-electron chi connectivity index (χ0n) is 14.2. The van der Waals surface area contributed by atoms with Crippen LogP contribution in [0.4, 0.5) is 0 Å². The van der Waals surface area contributed by atoms with Crippen LogP contribution in [0, 0.1) is 0 Å². The van der Waals surface area contributed by atoms with Crippen LogP contribution in [0.5, 0.6) is 11.5 Å². The number of ether oxygens (including phenoxy) is 1. The molecule has 0 aromatic heterocycles. The van der Waals surface area contributed by atoms with Gasteiger partial charge < -0.3 is 20.5 Å². The van der Waals surface area contributed by atoms with E-state index >= 15 is 0 Å². The van der Waals surface area contributed by atoms with Crippen LogP contribution in [0.25, 0.3) is 0 Å². The number of aromatic hydroxyl groups is 1. The SMILES string of the molecule is CN=C(NCCCc1ccccc1)NCc1cc(OC)ccc1O. The van der Waals surface area contributed by atoms with Gasteiger partial charge in [-0.3, -0.25) is 4.99 Å². The zero-order chi connectivity index (χ0) is 17.2. The van der Waals surface area contributed by atoms with Crippen molar-refractivity contribution in [2.24, 2.45) is 4.99 Å². The van der Waals surface area contributed by atoms with Crippen molar-refractivity contribution >= 4 is 5.96 Å². The minimum atomic E-state index is 0.239. The normalized spacial score (nSPS) is 11.2. The Bertz CT molecular complexity index is 657. The Balaban J connectivity index is 1.76. The van der Waals surface area contributed by atoms with E-state index in [0.29, 0.717) is 12.5 Å². The minimum absolute atomic E-state index is 0.239. The Morgan fingerprint density at radius 3 is 2.62 bits per heavy atom. The fourth-order valence-electron chi connectivity index (χ4n) is 2.37. The lowest BCUT2D eigenvalue weighted by molar-refractivity contribution is 0.410. The number of aliphatic imine (C=N–C) groups is 1. The van der Waals surface area contributed by atoms with Crippen molar-refractivity contribution in [2.75, 3.05) is 20.7 Å². The smallest absolute Gasteiger partial charge is 0.191 e. The van der Waals surface area contributed by atoms with Crippen molar-refractivity contribution < 1.29 is 9.84 Å². The molecule has 0 fully saturated rings. The molecule has 5 nitrogen and oxygen atoms in total. The standard InChI is InChI=1S/C19H25N3O2/c1-20-19(21-12-6-9-15-7-4-3-5-8-15)22-14-16-13-17(24-2)10-11-18(16)23/h3-5,7-8,10-11,13,23H,6,9,12,14H2,1-2H3,(H2,20,21,22). The van der Waals surface area contributed by atoms with Crippen molar-refractivity contribution in [1.82, 2.24) is 10.6 Å². The van der Waals surface area contributed by atoms with Crippen LogP contribution in [0.1, 0.15) is 17.5 Å². The number of guanidine groups is 1. The van der Waals surface area contributed by atoms with Gasteiger partial charge in [0, 0.05) is 25.7 Å². The average Bonchev–Trinajstić information content (AvgIpc) is 2.63. The lowest BCUT2D eigenvalue weighted by Gasteiger charge is -2.13. The van der Waals surface area contributed by atoms with Gasteiger partial charge in [-0.1, -0.05) is 30.3 Å². The summed E-state index contributed by atoms with van der Waals surface area (Å²) >= 11 is 0. The number of phenolic OH excluding ortho intramolecular Hbond substituents is 1. The Morgan fingerprint density at radius 2 is 1.92 bits per heavy atom. The summed E-state index contributed by atoms with van der Waals surface area (Å²) in [6, 6.07) is 15.6. The highest BCUT2D eigenvalue weighted by atomic mass is 16.5. The Morgan fingerprint density at radius 1 is 1.12 bits per heavy atom. The predicted octanol–water partition coefficient (Wildman–Crippen LogP) is 2.70. The number of aryl methyl sites for hydroxylation is 1. The molecule has 0 amide bonds. The molecule has 0 radical (unpaired) electrons. The van der Waals surface area contributed by atoms with Crippen LogP contribution in [0.15, 0.2) is 53.5 Å². The van der Waals surface area contributed by atoms with Crippen LogP contribution >= 0.6 is 0 Å². The van der Waals surface area contributed by atoms with Crippen molar-refractivity contribution in [1.29, 1.82) is 0 Å². The topological polar surface area (TPSA) is 65.9 Å². The molecule has 0 heterocycles. The number of hydrogen-bond donors (Lipinski definition) is 3. The van der Waals surface area contributed by atoms with Gasteiger partial charge in [-0.2, -0.15) is 0 Å². The third-order valence-corrected chi connectivity index (χ3v) is 3.73. The van der Waals surface area contributed by atoms with E-state index in [-0.39, 0.29) is 5.75 Å². The lowest BCUT2D eigenvalue weighted by Crippen LogP contribution is -2.37. The molecule has 0 bridgehead atoms. The summed E-state index contributed by atoms with van der Waals surface area (Å²) in [5, 5.41) is 16.4. The first kappa shape index (κ1) is 17.7. The highest BCUT2D eigenvalue weighted by Gasteiger charge is 2.05. The van der Waals surface area contributed by atoms with E-state index in [2.05, 4.69) is 39.9 Å². The summed E-state index contributed by atoms with van der Waals surface area (Å²) in [6.45, 7) is 1.31. The molecule has 0 aliphatic carbocycles. The largest absolute Gasteiger partial charge is 0.508 e. The predicted molar refractivity (Wildman–Crippen MR) is 97.6 cm³/mol. The molecular weight excluding hydrogens is 302 g/mol. The van der Waals surface area contributed by atoms with E-state index in [1.807, 2.05) is 12.1 Å². The molecule has 0 saturated heterocycles. The molecule has 0 aliphatic heterocycles. The molecule has 24 heavy (non-hydrogen) atoms. The molecule has 0 saturated carbocycles. The van der Waals surface area contributed by atoms with Gasteiger partial charge in [0.15, 0.2) is 5.96 Å². The maximum atomic E-state index is 9.90. The van der Waals surface area contributed by atoms with E-state index < -0.39 is 0 Å². The number of rotatable bonds is 7. The average molecular weight is 327 g/mol. The van der Waals surface area contributed by atoms with Gasteiger partial charge in [0.05, 0.1) is 7.11 Å². The van der Waals surface area contributed by atoms with Gasteiger partial charge >= 0.3 is 0 Å². The molecule has 0 spiro atoms. The van der Waals surface area contributed by atoms with Crippen LogP contribution in [-0.4, -0.2) is 31.8 Å². The Hall–Kier alpha value is -2.69. The van der Waals surface area contributed by atoms with E-state index in [9.17, 15) is 5.11 Å². The van der Waals surface area contributed by atoms with Gasteiger partial charge in [-0.05, 0) is 36.6 Å². The van der Waals surface area contributed by atoms with E-state index in [1.54, 1.807) is 26.3 Å². The maximum Gasteiger partial charge on any atom is 0.191 e. The summed E-state index contributed by atoms with van der Waals surface area (Å²) in [4.78, 5) is 4.20. The van der Waals surface area contributed by atoms with Gasteiger partial charge in [-0.15, -0.1) is 0 Å². The summed E-state index contributed by atoms with van der Waals surface area (Å²) in [6.07, 6.45) is 2.05. The van der Waals surface area contributed by atoms with Crippen LogP contribution in [0.3, 0.4) is 0 Å². The van der Waals surface area contributed by atoms with Crippen molar-refractivity contribution in [2.45, 2.75) is 19.4 Å². The fraction of sp³-hybridized carbons (Fsp3) is 0.316. The molecule has 128 valence electrons. The second kappa shape index (κ2) is 9.45. The Labute approximate surface area is 143 Å². The summed E-state index contributed by atoms with van der Waals surface area (Å²) in [5.74, 6) is 1.67.